The van der Waals surface area contributed by atoms with E-state index < -0.39 is 53.8 Å². The lowest BCUT2D eigenvalue weighted by molar-refractivity contribution is 0.0680. The van der Waals surface area contributed by atoms with Gasteiger partial charge in [-0.2, -0.15) is 0 Å². The quantitative estimate of drug-likeness (QED) is 0.0187. The van der Waals surface area contributed by atoms with Crippen LogP contribution in [-0.4, -0.2) is 104 Å². The fraction of sp³-hybridized carbons (Fsp3) is 0.0986. The number of carboxylic acids is 3. The van der Waals surface area contributed by atoms with Crippen LogP contribution in [0, 0.1) is 5.82 Å². The van der Waals surface area contributed by atoms with Gasteiger partial charge in [0.05, 0.1) is 14.7 Å². The Hall–Kier alpha value is -11.7. The first-order chi connectivity index (χ1) is 46.5. The van der Waals surface area contributed by atoms with E-state index in [1.54, 1.807) is 140 Å². The molecule has 0 aliphatic heterocycles. The zero-order valence-corrected chi connectivity index (χ0v) is 53.8. The SMILES string of the molecule is CC(=O)c1ccc(S(=O)(=O)Nc2ccc(OCCOc3ccccc3C(=O)O)cc2)cc1.O=C(O)c1ccccc1OCCOc1ccc(NS(=O)(=O)c2ccc(-c3ccccc3)cc2)cc1.O=C(O)c1ccccc1OCCOc1ccc(NS(=O)(=O)c2ccc(F)cc2)cc1. The van der Waals surface area contributed by atoms with Crippen molar-refractivity contribution >= 4 is 70.8 Å². The monoisotopic (exact) mass is 1380 g/mol. The van der Waals surface area contributed by atoms with Gasteiger partial charge in [0.2, 0.25) is 0 Å². The number of Topliss-reactive ketones (excluding diaryl/α,β-unsaturated/α-hetero) is 1. The van der Waals surface area contributed by atoms with Crippen molar-refractivity contribution in [2.24, 2.45) is 0 Å². The lowest BCUT2D eigenvalue weighted by atomic mass is 10.1. The van der Waals surface area contributed by atoms with Gasteiger partial charge in [0.25, 0.3) is 30.1 Å². The number of anilines is 3. The summed E-state index contributed by atoms with van der Waals surface area (Å²) in [6.07, 6.45) is 0. The van der Waals surface area contributed by atoms with Crippen molar-refractivity contribution in [1.29, 1.82) is 0 Å². The van der Waals surface area contributed by atoms with Gasteiger partial charge in [-0.05, 0) is 176 Å². The lowest BCUT2D eigenvalue weighted by Crippen LogP contribution is -2.13. The molecule has 0 aromatic heterocycles. The molecule has 26 heteroatoms. The number of nitrogens with one attached hydrogen (secondary N) is 3. The Balaban J connectivity index is 0.000000186. The Morgan fingerprint density at radius 2 is 0.598 bits per heavy atom. The average Bonchev–Trinajstić information content (AvgIpc) is 0.888. The molecule has 500 valence electrons. The summed E-state index contributed by atoms with van der Waals surface area (Å²) in [6, 6.07) is 64.6. The van der Waals surface area contributed by atoms with Crippen LogP contribution in [0.25, 0.3) is 11.1 Å². The lowest BCUT2D eigenvalue weighted by Gasteiger charge is -2.11. The highest BCUT2D eigenvalue weighted by molar-refractivity contribution is 7.93. The van der Waals surface area contributed by atoms with Gasteiger partial charge >= 0.3 is 17.9 Å². The van der Waals surface area contributed by atoms with E-state index in [0.717, 1.165) is 23.3 Å². The second-order valence-electron chi connectivity index (χ2n) is 20.3. The van der Waals surface area contributed by atoms with Gasteiger partial charge < -0.3 is 43.7 Å². The number of carbonyl (C=O) groups is 4. The Bertz CT molecular complexity index is 4650. The van der Waals surface area contributed by atoms with Crippen molar-refractivity contribution in [1.82, 2.24) is 0 Å². The minimum atomic E-state index is -3.83. The molecular weight excluding hydrogens is 1310 g/mol. The van der Waals surface area contributed by atoms with Crippen LogP contribution in [-0.2, 0) is 30.1 Å². The fourth-order valence-electron chi connectivity index (χ4n) is 8.68. The second kappa shape index (κ2) is 33.9. The van der Waals surface area contributed by atoms with Crippen LogP contribution in [0.1, 0.15) is 48.4 Å². The Morgan fingerprint density at radius 1 is 0.330 bits per heavy atom. The number of benzene rings is 10. The van der Waals surface area contributed by atoms with E-state index in [1.165, 1.54) is 73.7 Å². The number of halogens is 1. The number of ketones is 1. The molecule has 97 heavy (non-hydrogen) atoms. The number of rotatable bonds is 29. The molecule has 0 amide bonds. The van der Waals surface area contributed by atoms with Gasteiger partial charge in [0.15, 0.2) is 5.78 Å². The van der Waals surface area contributed by atoms with Crippen LogP contribution in [0.3, 0.4) is 0 Å². The van der Waals surface area contributed by atoms with Crippen molar-refractivity contribution in [2.75, 3.05) is 53.8 Å². The molecule has 0 aliphatic rings. The number of para-hydroxylation sites is 3. The third-order valence-electron chi connectivity index (χ3n) is 13.5. The van der Waals surface area contributed by atoms with Crippen molar-refractivity contribution in [2.45, 2.75) is 21.6 Å². The maximum atomic E-state index is 13.0. The van der Waals surface area contributed by atoms with Crippen LogP contribution in [0.2, 0.25) is 0 Å². The highest BCUT2D eigenvalue weighted by Crippen LogP contribution is 2.27. The van der Waals surface area contributed by atoms with E-state index in [-0.39, 0.29) is 94.0 Å². The van der Waals surface area contributed by atoms with Gasteiger partial charge in [-0.3, -0.25) is 19.0 Å². The van der Waals surface area contributed by atoms with E-state index in [2.05, 4.69) is 14.2 Å². The van der Waals surface area contributed by atoms with Gasteiger partial charge in [-0.15, -0.1) is 0 Å². The highest BCUT2D eigenvalue weighted by atomic mass is 32.2. The predicted octanol–water partition coefficient (Wildman–Crippen LogP) is 12.9. The molecule has 0 bridgehead atoms. The first-order valence-corrected chi connectivity index (χ1v) is 33.6. The fourth-order valence-corrected chi connectivity index (χ4v) is 11.9. The summed E-state index contributed by atoms with van der Waals surface area (Å²) in [7, 11) is -11.4. The zero-order chi connectivity index (χ0) is 69.4. The molecule has 10 aromatic carbocycles. The van der Waals surface area contributed by atoms with E-state index in [4.69, 9.17) is 38.6 Å². The maximum absolute atomic E-state index is 13.0. The zero-order valence-electron chi connectivity index (χ0n) is 51.4. The van der Waals surface area contributed by atoms with Gasteiger partial charge in [0, 0.05) is 22.6 Å². The molecule has 0 saturated carbocycles. The summed E-state index contributed by atoms with van der Waals surface area (Å²) in [5.41, 5.74) is 3.65. The molecule has 0 atom stereocenters. The molecular formula is C71H62FN3O19S3. The Morgan fingerprint density at radius 3 is 0.907 bits per heavy atom. The van der Waals surface area contributed by atoms with Crippen LogP contribution < -0.4 is 42.6 Å². The minimum Gasteiger partial charge on any atom is -0.490 e. The molecule has 22 nitrogen and oxygen atoms in total. The van der Waals surface area contributed by atoms with E-state index >= 15 is 0 Å². The van der Waals surface area contributed by atoms with Gasteiger partial charge in [0.1, 0.15) is 96.6 Å². The number of sulfonamides is 3. The summed E-state index contributed by atoms with van der Waals surface area (Å²) < 4.78 is 129. The largest absolute Gasteiger partial charge is 0.490 e. The minimum absolute atomic E-state index is 0.0432. The van der Waals surface area contributed by atoms with Crippen molar-refractivity contribution in [3.05, 3.63) is 277 Å². The van der Waals surface area contributed by atoms with Gasteiger partial charge in [-0.1, -0.05) is 91.0 Å². The second-order valence-corrected chi connectivity index (χ2v) is 25.4. The van der Waals surface area contributed by atoms with E-state index in [0.29, 0.717) is 39.9 Å². The number of aromatic carboxylic acids is 3. The third-order valence-corrected chi connectivity index (χ3v) is 17.7. The Labute approximate surface area is 558 Å². The standard InChI is InChI=1S/C27H23NO6S.C23H21NO7S.C21H18FNO6S/c29-27(30)25-8-4-5-9-26(25)34-19-18-33-23-14-12-22(13-15-23)28-35(31,32)24-16-10-21(11-17-24)20-6-2-1-3-7-20;1-16(25)17-6-12-20(13-7-17)32(28,29)24-18-8-10-19(11-9-18)30-14-15-31-22-5-3-2-4-21(22)23(26)27;22-15-5-11-18(12-6-15)30(26,27)23-16-7-9-17(10-8-16)28-13-14-29-20-4-2-1-3-19(20)21(24)25/h1-17,28H,18-19H2,(H,29,30);2-13,24H,14-15H2,1H3,(H,26,27);1-12,23H,13-14H2,(H,24,25). The molecule has 10 aromatic rings. The van der Waals surface area contributed by atoms with Crippen molar-refractivity contribution < 1.29 is 92.6 Å². The third kappa shape index (κ3) is 21.4. The first kappa shape index (κ1) is 71.1. The molecule has 0 radical (unpaired) electrons. The molecule has 6 N–H and O–H groups in total. The topological polar surface area (TPSA) is 323 Å². The first-order valence-electron chi connectivity index (χ1n) is 29.2. The summed E-state index contributed by atoms with van der Waals surface area (Å²) in [6.45, 7) is 2.34. The number of hydrogen-bond acceptors (Lipinski definition) is 16. The normalized spacial score (nSPS) is 10.9. The maximum Gasteiger partial charge on any atom is 0.339 e. The van der Waals surface area contributed by atoms with Crippen LogP contribution in [0.4, 0.5) is 21.5 Å². The average molecular weight is 1380 g/mol. The number of hydrogen-bond donors (Lipinski definition) is 6. The van der Waals surface area contributed by atoms with Crippen LogP contribution in [0.15, 0.2) is 263 Å². The molecule has 0 fully saturated rings. The summed E-state index contributed by atoms with van der Waals surface area (Å²) in [4.78, 5) is 45.0. The van der Waals surface area contributed by atoms with Crippen LogP contribution in [0.5, 0.6) is 34.5 Å². The molecule has 0 saturated heterocycles. The molecule has 0 aliphatic carbocycles. The van der Waals surface area contributed by atoms with Crippen molar-refractivity contribution in [3.8, 4) is 45.6 Å². The summed E-state index contributed by atoms with van der Waals surface area (Å²) in [5.74, 6) is -1.61. The van der Waals surface area contributed by atoms with E-state index in [9.17, 15) is 53.9 Å². The summed E-state index contributed by atoms with van der Waals surface area (Å²) in [5, 5.41) is 27.4. The number of carboxylic acid groups (broad SMARTS) is 3. The van der Waals surface area contributed by atoms with Crippen LogP contribution >= 0.6 is 0 Å². The number of carbonyl (C=O) groups excluding carboxylic acids is 1. The molecule has 0 unspecified atom stereocenters. The van der Waals surface area contributed by atoms with E-state index in [1.807, 2.05) is 30.3 Å². The molecule has 0 heterocycles. The highest BCUT2D eigenvalue weighted by Gasteiger charge is 2.19. The Kier molecular flexibility index (Phi) is 24.9. The molecule has 0 spiro atoms. The smallest absolute Gasteiger partial charge is 0.339 e. The van der Waals surface area contributed by atoms with Gasteiger partial charge in [-0.25, -0.2) is 44.0 Å². The molecule has 10 rings (SSSR count). The number of ether oxygens (including phenoxy) is 6. The summed E-state index contributed by atoms with van der Waals surface area (Å²) >= 11 is 0. The van der Waals surface area contributed by atoms with Crippen molar-refractivity contribution in [3.63, 3.8) is 0 Å². The predicted molar refractivity (Wildman–Crippen MR) is 360 cm³/mol.